The van der Waals surface area contributed by atoms with Crippen LogP contribution in [-0.2, 0) is 14.8 Å². The molecule has 3 rings (SSSR count). The van der Waals surface area contributed by atoms with E-state index in [2.05, 4.69) is 4.72 Å². The van der Waals surface area contributed by atoms with Gasteiger partial charge in [0.25, 0.3) is 0 Å². The molecule has 1 fully saturated rings. The molecule has 1 saturated heterocycles. The van der Waals surface area contributed by atoms with Crippen LogP contribution in [0, 0.1) is 6.92 Å². The Morgan fingerprint density at radius 3 is 2.39 bits per heavy atom. The first kappa shape index (κ1) is 16.2. The first-order chi connectivity index (χ1) is 11.1. The van der Waals surface area contributed by atoms with Gasteiger partial charge in [-0.3, -0.25) is 0 Å². The minimum absolute atomic E-state index is 0.127. The molecule has 0 radical (unpaired) electrons. The Morgan fingerprint density at radius 2 is 1.78 bits per heavy atom. The summed E-state index contributed by atoms with van der Waals surface area (Å²) in [5, 5.41) is 0. The number of benzene rings is 2. The van der Waals surface area contributed by atoms with Gasteiger partial charge in [-0.25, -0.2) is 13.1 Å². The molecule has 1 heterocycles. The molecule has 5 heteroatoms. The molecule has 1 N–H and O–H groups in total. The van der Waals surface area contributed by atoms with Gasteiger partial charge >= 0.3 is 0 Å². The van der Waals surface area contributed by atoms with Gasteiger partial charge in [-0.05, 0) is 37.5 Å². The van der Waals surface area contributed by atoms with Crippen molar-refractivity contribution in [2.75, 3.05) is 6.61 Å². The van der Waals surface area contributed by atoms with Gasteiger partial charge in [0.05, 0.1) is 17.0 Å². The third-order valence-corrected chi connectivity index (χ3v) is 5.57. The molecule has 4 nitrogen and oxygen atoms in total. The first-order valence-corrected chi connectivity index (χ1v) is 9.30. The summed E-state index contributed by atoms with van der Waals surface area (Å²) in [7, 11) is -3.59. The van der Waals surface area contributed by atoms with E-state index < -0.39 is 10.0 Å². The number of sulfonamides is 1. The maximum absolute atomic E-state index is 12.7. The van der Waals surface area contributed by atoms with E-state index in [-0.39, 0.29) is 17.0 Å². The summed E-state index contributed by atoms with van der Waals surface area (Å²) >= 11 is 0. The lowest BCUT2D eigenvalue weighted by molar-refractivity contribution is 0.0852. The normalized spacial score (nSPS) is 19.6. The Morgan fingerprint density at radius 1 is 1.09 bits per heavy atom. The second kappa shape index (κ2) is 6.83. The Balaban J connectivity index is 1.90. The van der Waals surface area contributed by atoms with Crippen molar-refractivity contribution >= 4 is 10.0 Å². The summed E-state index contributed by atoms with van der Waals surface area (Å²) in [4.78, 5) is 0.280. The molecule has 122 valence electrons. The molecule has 2 atom stereocenters. The third-order valence-electron chi connectivity index (χ3n) is 4.11. The third kappa shape index (κ3) is 3.80. The lowest BCUT2D eigenvalue weighted by Gasteiger charge is -2.24. The maximum Gasteiger partial charge on any atom is 0.241 e. The summed E-state index contributed by atoms with van der Waals surface area (Å²) in [6.45, 7) is 2.61. The van der Waals surface area contributed by atoms with Crippen molar-refractivity contribution in [3.05, 3.63) is 65.7 Å². The van der Waals surface area contributed by atoms with Crippen LogP contribution in [-0.4, -0.2) is 21.1 Å². The standard InChI is InChI=1S/C18H21NO3S/c1-14-9-11-16(12-10-14)23(20,21)19-18(17-8-5-13-22-17)15-6-3-2-4-7-15/h2-4,6-7,9-12,17-19H,5,8,13H2,1H3/t17-,18-/m0/s1. The summed E-state index contributed by atoms with van der Waals surface area (Å²) < 4.78 is 34.0. The van der Waals surface area contributed by atoms with Gasteiger partial charge in [0.2, 0.25) is 10.0 Å². The largest absolute Gasteiger partial charge is 0.376 e. The highest BCUT2D eigenvalue weighted by molar-refractivity contribution is 7.89. The average Bonchev–Trinajstić information content (AvgIpc) is 3.08. The highest BCUT2D eigenvalue weighted by Crippen LogP contribution is 2.28. The number of ether oxygens (including phenoxy) is 1. The van der Waals surface area contributed by atoms with Gasteiger partial charge in [0.15, 0.2) is 0 Å². The highest BCUT2D eigenvalue weighted by atomic mass is 32.2. The Hall–Kier alpha value is -1.69. The number of hydrogen-bond donors (Lipinski definition) is 1. The van der Waals surface area contributed by atoms with E-state index in [0.29, 0.717) is 6.61 Å². The zero-order chi connectivity index (χ0) is 16.3. The van der Waals surface area contributed by atoms with Crippen LogP contribution < -0.4 is 4.72 Å². The molecule has 0 aromatic heterocycles. The SMILES string of the molecule is Cc1ccc(S(=O)(=O)N[C@@H](c2ccccc2)[C@@H]2CCCO2)cc1. The number of rotatable bonds is 5. The predicted octanol–water partition coefficient (Wildman–Crippen LogP) is 3.19. The minimum atomic E-state index is -3.59. The van der Waals surface area contributed by atoms with Gasteiger partial charge in [-0.15, -0.1) is 0 Å². The van der Waals surface area contributed by atoms with E-state index in [4.69, 9.17) is 4.74 Å². The number of nitrogens with one attached hydrogen (secondary N) is 1. The molecular weight excluding hydrogens is 310 g/mol. The molecule has 23 heavy (non-hydrogen) atoms. The molecule has 1 aliphatic rings. The van der Waals surface area contributed by atoms with E-state index >= 15 is 0 Å². The fourth-order valence-corrected chi connectivity index (χ4v) is 4.09. The zero-order valence-electron chi connectivity index (χ0n) is 13.1. The first-order valence-electron chi connectivity index (χ1n) is 7.82. The van der Waals surface area contributed by atoms with Crippen LogP contribution >= 0.6 is 0 Å². The minimum Gasteiger partial charge on any atom is -0.376 e. The van der Waals surface area contributed by atoms with Crippen LogP contribution in [0.5, 0.6) is 0 Å². The van der Waals surface area contributed by atoms with Crippen LogP contribution in [0.4, 0.5) is 0 Å². The Bertz CT molecular complexity index is 736. The Kier molecular flexibility index (Phi) is 4.80. The predicted molar refractivity (Wildman–Crippen MR) is 89.7 cm³/mol. The van der Waals surface area contributed by atoms with E-state index in [1.54, 1.807) is 24.3 Å². The lowest BCUT2D eigenvalue weighted by atomic mass is 10.0. The topological polar surface area (TPSA) is 55.4 Å². The fourth-order valence-electron chi connectivity index (χ4n) is 2.84. The molecule has 1 aliphatic heterocycles. The van der Waals surface area contributed by atoms with E-state index in [1.165, 1.54) is 0 Å². The molecule has 2 aromatic rings. The monoisotopic (exact) mass is 331 g/mol. The fraction of sp³-hybridized carbons (Fsp3) is 0.333. The van der Waals surface area contributed by atoms with E-state index in [1.807, 2.05) is 37.3 Å². The molecule has 0 saturated carbocycles. The molecular formula is C18H21NO3S. The summed E-state index contributed by atoms with van der Waals surface area (Å²) in [5.74, 6) is 0. The van der Waals surface area contributed by atoms with Crippen molar-refractivity contribution in [1.29, 1.82) is 0 Å². The highest BCUT2D eigenvalue weighted by Gasteiger charge is 2.31. The van der Waals surface area contributed by atoms with Gasteiger partial charge in [0, 0.05) is 6.61 Å². The van der Waals surface area contributed by atoms with Crippen molar-refractivity contribution in [1.82, 2.24) is 4.72 Å². The summed E-state index contributed by atoms with van der Waals surface area (Å²) in [5.41, 5.74) is 1.96. The second-order valence-electron chi connectivity index (χ2n) is 5.87. The summed E-state index contributed by atoms with van der Waals surface area (Å²) in [6, 6.07) is 16.1. The molecule has 2 aromatic carbocycles. The van der Waals surface area contributed by atoms with Crippen molar-refractivity contribution in [2.45, 2.75) is 36.8 Å². The molecule has 0 amide bonds. The van der Waals surface area contributed by atoms with Crippen molar-refractivity contribution in [3.8, 4) is 0 Å². The summed E-state index contributed by atoms with van der Waals surface area (Å²) in [6.07, 6.45) is 1.69. The quantitative estimate of drug-likeness (QED) is 0.915. The smallest absolute Gasteiger partial charge is 0.241 e. The second-order valence-corrected chi connectivity index (χ2v) is 7.59. The maximum atomic E-state index is 12.7. The molecule has 0 spiro atoms. The van der Waals surface area contributed by atoms with Crippen LogP contribution in [0.3, 0.4) is 0 Å². The van der Waals surface area contributed by atoms with E-state index in [0.717, 1.165) is 24.0 Å². The lowest BCUT2D eigenvalue weighted by Crippen LogP contribution is -2.36. The van der Waals surface area contributed by atoms with Gasteiger partial charge in [-0.1, -0.05) is 48.0 Å². The average molecular weight is 331 g/mol. The van der Waals surface area contributed by atoms with Crippen LogP contribution in [0.2, 0.25) is 0 Å². The molecule has 0 bridgehead atoms. The molecule has 0 unspecified atom stereocenters. The number of aryl methyl sites for hydroxylation is 1. The number of hydrogen-bond acceptors (Lipinski definition) is 3. The van der Waals surface area contributed by atoms with E-state index in [9.17, 15) is 8.42 Å². The van der Waals surface area contributed by atoms with Crippen molar-refractivity contribution < 1.29 is 13.2 Å². The van der Waals surface area contributed by atoms with Crippen molar-refractivity contribution in [3.63, 3.8) is 0 Å². The Labute approximate surface area is 137 Å². The zero-order valence-corrected chi connectivity index (χ0v) is 13.9. The van der Waals surface area contributed by atoms with Gasteiger partial charge in [-0.2, -0.15) is 0 Å². The van der Waals surface area contributed by atoms with Crippen LogP contribution in [0.15, 0.2) is 59.5 Å². The molecule has 0 aliphatic carbocycles. The van der Waals surface area contributed by atoms with Crippen LogP contribution in [0.1, 0.15) is 30.0 Å². The van der Waals surface area contributed by atoms with Crippen LogP contribution in [0.25, 0.3) is 0 Å². The van der Waals surface area contributed by atoms with Gasteiger partial charge < -0.3 is 4.74 Å². The van der Waals surface area contributed by atoms with Crippen molar-refractivity contribution in [2.24, 2.45) is 0 Å². The van der Waals surface area contributed by atoms with Gasteiger partial charge in [0.1, 0.15) is 0 Å².